The van der Waals surface area contributed by atoms with E-state index in [0.717, 1.165) is 32.0 Å². The van der Waals surface area contributed by atoms with Crippen LogP contribution in [0.1, 0.15) is 72.6 Å². The fourth-order valence-electron chi connectivity index (χ4n) is 2.64. The van der Waals surface area contributed by atoms with Crippen LogP contribution in [0.15, 0.2) is 12.2 Å². The van der Waals surface area contributed by atoms with Crippen molar-refractivity contribution in [2.45, 2.75) is 78.7 Å². The molecule has 0 bridgehead atoms. The minimum atomic E-state index is -0.265. The first-order valence-corrected chi connectivity index (χ1v) is 8.63. The second-order valence-corrected chi connectivity index (χ2v) is 5.78. The lowest BCUT2D eigenvalue weighted by molar-refractivity contribution is -0.139. The number of hydrogen-bond donors (Lipinski definition) is 0. The van der Waals surface area contributed by atoms with E-state index in [1.165, 1.54) is 32.1 Å². The number of ether oxygens (including phenoxy) is 1. The topological polar surface area (TPSA) is 29.5 Å². The van der Waals surface area contributed by atoms with Crippen LogP contribution in [0.3, 0.4) is 0 Å². The Morgan fingerprint density at radius 1 is 1.05 bits per heavy atom. The molecule has 0 saturated carbocycles. The molecule has 124 valence electrons. The lowest BCUT2D eigenvalue weighted by Gasteiger charge is -2.29. The molecule has 1 unspecified atom stereocenters. The number of rotatable bonds is 13. The summed E-state index contributed by atoms with van der Waals surface area (Å²) in [5.74, 6) is -0.265. The van der Waals surface area contributed by atoms with Crippen LogP contribution in [0, 0.1) is 0 Å². The molecule has 1 atom stereocenters. The lowest BCUT2D eigenvalue weighted by Crippen LogP contribution is -2.35. The number of carbonyl (C=O) groups is 1. The van der Waals surface area contributed by atoms with Gasteiger partial charge in [-0.05, 0) is 39.3 Å². The summed E-state index contributed by atoms with van der Waals surface area (Å²) in [5, 5.41) is 0. The van der Waals surface area contributed by atoms with Crippen molar-refractivity contribution in [3.05, 3.63) is 12.2 Å². The van der Waals surface area contributed by atoms with E-state index >= 15 is 0 Å². The Kier molecular flexibility index (Phi) is 12.4. The monoisotopic (exact) mass is 297 g/mol. The van der Waals surface area contributed by atoms with Gasteiger partial charge < -0.3 is 9.64 Å². The van der Waals surface area contributed by atoms with Gasteiger partial charge in [0.05, 0.1) is 6.61 Å². The predicted octanol–water partition coefficient (Wildman–Crippen LogP) is 4.57. The average molecular weight is 297 g/mol. The molecule has 3 nitrogen and oxygen atoms in total. The summed E-state index contributed by atoms with van der Waals surface area (Å²) in [6, 6.07) is 0.720. The Bertz CT molecular complexity index is 285. The maximum absolute atomic E-state index is 11.2. The van der Waals surface area contributed by atoms with E-state index in [2.05, 4.69) is 32.3 Å². The van der Waals surface area contributed by atoms with Gasteiger partial charge in [0, 0.05) is 11.6 Å². The van der Waals surface area contributed by atoms with Gasteiger partial charge in [0.1, 0.15) is 0 Å². The first kappa shape index (κ1) is 20.2. The van der Waals surface area contributed by atoms with Gasteiger partial charge in [-0.2, -0.15) is 0 Å². The molecule has 0 saturated heterocycles. The molecular weight excluding hydrogens is 262 g/mol. The number of carbonyl (C=O) groups excluding carboxylic acids is 1. The van der Waals surface area contributed by atoms with Gasteiger partial charge in [-0.25, -0.2) is 4.79 Å². The summed E-state index contributed by atoms with van der Waals surface area (Å²) >= 11 is 0. The van der Waals surface area contributed by atoms with Crippen LogP contribution in [0.4, 0.5) is 0 Å². The van der Waals surface area contributed by atoms with Gasteiger partial charge in [-0.15, -0.1) is 0 Å². The molecule has 3 heteroatoms. The molecular formula is C18H35NO2. The Hall–Kier alpha value is -0.830. The third-order valence-corrected chi connectivity index (χ3v) is 3.98. The lowest BCUT2D eigenvalue weighted by atomic mass is 10.0. The largest absolute Gasteiger partial charge is 0.462 e. The summed E-state index contributed by atoms with van der Waals surface area (Å²) in [7, 11) is 0. The van der Waals surface area contributed by atoms with Crippen LogP contribution in [0.5, 0.6) is 0 Å². The minimum absolute atomic E-state index is 0.265. The molecule has 0 fully saturated rings. The third kappa shape index (κ3) is 9.67. The molecule has 0 aromatic heterocycles. The molecule has 0 aliphatic rings. The minimum Gasteiger partial charge on any atom is -0.462 e. The van der Waals surface area contributed by atoms with Gasteiger partial charge in [-0.1, -0.05) is 53.0 Å². The predicted molar refractivity (Wildman–Crippen MR) is 90.5 cm³/mol. The fraction of sp³-hybridized carbons (Fsp3) is 0.833. The summed E-state index contributed by atoms with van der Waals surface area (Å²) in [6.07, 6.45) is 8.46. The van der Waals surface area contributed by atoms with Crippen molar-refractivity contribution in [3.8, 4) is 0 Å². The van der Waals surface area contributed by atoms with Crippen molar-refractivity contribution in [1.82, 2.24) is 4.90 Å². The summed E-state index contributed by atoms with van der Waals surface area (Å²) in [6.45, 7) is 14.8. The van der Waals surface area contributed by atoms with E-state index in [0.29, 0.717) is 12.2 Å². The fourth-order valence-corrected chi connectivity index (χ4v) is 2.64. The Labute approximate surface area is 131 Å². The van der Waals surface area contributed by atoms with Crippen molar-refractivity contribution in [2.24, 2.45) is 0 Å². The Morgan fingerprint density at radius 3 is 2.19 bits per heavy atom. The molecule has 0 amide bonds. The highest BCUT2D eigenvalue weighted by Gasteiger charge is 2.14. The Balaban J connectivity index is 3.86. The highest BCUT2D eigenvalue weighted by molar-refractivity contribution is 5.86. The highest BCUT2D eigenvalue weighted by atomic mass is 16.5. The standard InChI is InChI=1S/C18H35NO2/c1-6-9-13-17(19(7-2)8-3)14-11-10-12-15-21-18(20)16(4)5/h17H,4,6-15H2,1-3,5H3. The van der Waals surface area contributed by atoms with Crippen LogP contribution >= 0.6 is 0 Å². The summed E-state index contributed by atoms with van der Waals surface area (Å²) in [4.78, 5) is 13.8. The molecule has 0 aliphatic carbocycles. The zero-order chi connectivity index (χ0) is 16.1. The molecule has 0 radical (unpaired) electrons. The maximum Gasteiger partial charge on any atom is 0.333 e. The van der Waals surface area contributed by atoms with Gasteiger partial charge in [0.15, 0.2) is 0 Å². The van der Waals surface area contributed by atoms with Gasteiger partial charge in [0.2, 0.25) is 0 Å². The van der Waals surface area contributed by atoms with Crippen LogP contribution in [-0.4, -0.2) is 36.6 Å². The molecule has 0 aromatic rings. The number of nitrogens with zero attached hydrogens (tertiary/aromatic N) is 1. The van der Waals surface area contributed by atoms with Gasteiger partial charge >= 0.3 is 5.97 Å². The molecule has 0 rings (SSSR count). The van der Waals surface area contributed by atoms with Crippen molar-refractivity contribution in [1.29, 1.82) is 0 Å². The van der Waals surface area contributed by atoms with Crippen LogP contribution < -0.4 is 0 Å². The molecule has 0 N–H and O–H groups in total. The number of unbranched alkanes of at least 4 members (excludes halogenated alkanes) is 3. The third-order valence-electron chi connectivity index (χ3n) is 3.98. The first-order chi connectivity index (χ1) is 10.1. The molecule has 21 heavy (non-hydrogen) atoms. The van der Waals surface area contributed by atoms with Crippen molar-refractivity contribution < 1.29 is 9.53 Å². The normalized spacial score (nSPS) is 12.4. The second-order valence-electron chi connectivity index (χ2n) is 5.78. The van der Waals surface area contributed by atoms with Crippen LogP contribution in [0.25, 0.3) is 0 Å². The van der Waals surface area contributed by atoms with E-state index in [9.17, 15) is 4.79 Å². The molecule has 0 spiro atoms. The summed E-state index contributed by atoms with van der Waals surface area (Å²) in [5.41, 5.74) is 0.483. The highest BCUT2D eigenvalue weighted by Crippen LogP contribution is 2.16. The first-order valence-electron chi connectivity index (χ1n) is 8.63. The van der Waals surface area contributed by atoms with Crippen LogP contribution in [0.2, 0.25) is 0 Å². The molecule has 0 heterocycles. The van der Waals surface area contributed by atoms with E-state index in [4.69, 9.17) is 4.74 Å². The van der Waals surface area contributed by atoms with Gasteiger partial charge in [0.25, 0.3) is 0 Å². The van der Waals surface area contributed by atoms with Crippen molar-refractivity contribution in [3.63, 3.8) is 0 Å². The number of hydrogen-bond acceptors (Lipinski definition) is 3. The van der Waals surface area contributed by atoms with Crippen LogP contribution in [-0.2, 0) is 9.53 Å². The zero-order valence-corrected chi connectivity index (χ0v) is 14.6. The molecule has 0 aliphatic heterocycles. The average Bonchev–Trinajstić information content (AvgIpc) is 2.47. The maximum atomic E-state index is 11.2. The van der Waals surface area contributed by atoms with Gasteiger partial charge in [-0.3, -0.25) is 0 Å². The Morgan fingerprint density at radius 2 is 1.67 bits per heavy atom. The zero-order valence-electron chi connectivity index (χ0n) is 14.6. The van der Waals surface area contributed by atoms with Crippen molar-refractivity contribution >= 4 is 5.97 Å². The molecule has 0 aromatic carbocycles. The summed E-state index contributed by atoms with van der Waals surface area (Å²) < 4.78 is 5.12. The van der Waals surface area contributed by atoms with E-state index in [1.54, 1.807) is 6.92 Å². The van der Waals surface area contributed by atoms with E-state index in [1.807, 2.05) is 0 Å². The quantitative estimate of drug-likeness (QED) is 0.283. The second kappa shape index (κ2) is 12.9. The SMILES string of the molecule is C=C(C)C(=O)OCCCCCC(CCCC)N(CC)CC. The van der Waals surface area contributed by atoms with E-state index < -0.39 is 0 Å². The van der Waals surface area contributed by atoms with Crippen molar-refractivity contribution in [2.75, 3.05) is 19.7 Å². The number of esters is 1. The smallest absolute Gasteiger partial charge is 0.333 e. The van der Waals surface area contributed by atoms with E-state index in [-0.39, 0.29) is 5.97 Å².